The second kappa shape index (κ2) is 14.4. The number of aryl methyl sites for hydroxylation is 1. The first-order chi connectivity index (χ1) is 21.6. The number of rotatable bonds is 13. The zero-order valence-electron chi connectivity index (χ0n) is 29.3. The topological polar surface area (TPSA) is 73.2 Å². The molecule has 6 nitrogen and oxygen atoms in total. The van der Waals surface area contributed by atoms with Gasteiger partial charge in [-0.05, 0) is 49.9 Å². The second-order valence-electron chi connectivity index (χ2n) is 14.5. The predicted octanol–water partition coefficient (Wildman–Crippen LogP) is 7.26. The maximum Gasteiger partial charge on any atom is 0.261 e. The predicted molar refractivity (Wildman–Crippen MR) is 193 cm³/mol. The van der Waals surface area contributed by atoms with E-state index >= 15 is 0 Å². The van der Waals surface area contributed by atoms with Crippen molar-refractivity contribution in [1.29, 1.82) is 0 Å². The lowest BCUT2D eigenvalue weighted by molar-refractivity contribution is 0.261. The van der Waals surface area contributed by atoms with Gasteiger partial charge in [-0.2, -0.15) is 0 Å². The maximum atomic E-state index is 14.7. The lowest BCUT2D eigenvalue weighted by Crippen LogP contribution is -2.67. The Bertz CT molecular complexity index is 1620. The van der Waals surface area contributed by atoms with Gasteiger partial charge in [-0.15, -0.1) is 0 Å². The third-order valence-electron chi connectivity index (χ3n) is 8.96. The molecule has 46 heavy (non-hydrogen) atoms. The number of sulfonamides is 1. The third kappa shape index (κ3) is 7.57. The molecule has 4 aromatic rings. The number of nitrogens with one attached hydrogen (secondary N) is 1. The summed E-state index contributed by atoms with van der Waals surface area (Å²) >= 11 is 0. The molecule has 0 spiro atoms. The molecule has 1 unspecified atom stereocenters. The zero-order chi connectivity index (χ0) is 33.9. The molecule has 8 heteroatoms. The first-order valence-electron chi connectivity index (χ1n) is 16.5. The van der Waals surface area contributed by atoms with E-state index in [1.165, 1.54) is 0 Å². The van der Waals surface area contributed by atoms with Gasteiger partial charge < -0.3 is 8.99 Å². The van der Waals surface area contributed by atoms with Crippen molar-refractivity contribution >= 4 is 28.7 Å². The molecule has 1 N–H and O–H groups in total. The normalized spacial score (nSPS) is 13.6. The van der Waals surface area contributed by atoms with Crippen LogP contribution in [0.1, 0.15) is 102 Å². The standard InChI is InChI=1S/C38H53N3O3SSi/c1-27(2)30-21-35(28(3)4)37(36(22-30)29(5)6)45(42,43)40-31(23-32-24-39-26-41(32)10)25-44-46(38(7,8)9,33-17-13-11-14-18-33)34-19-15-12-16-20-34/h11-22,24,26-29,31,40H,23,25H2,1-10H3. The third-order valence-corrected chi connectivity index (χ3v) is 15.6. The van der Waals surface area contributed by atoms with Crippen molar-refractivity contribution in [3.63, 3.8) is 0 Å². The van der Waals surface area contributed by atoms with E-state index in [4.69, 9.17) is 4.43 Å². The van der Waals surface area contributed by atoms with E-state index in [9.17, 15) is 8.42 Å². The molecule has 1 aromatic heterocycles. The Labute approximate surface area is 278 Å². The number of nitrogens with zero attached hydrogens (tertiary/aromatic N) is 2. The summed E-state index contributed by atoms with van der Waals surface area (Å²) in [6.45, 7) is 19.5. The van der Waals surface area contributed by atoms with E-state index in [-0.39, 0.29) is 29.4 Å². The van der Waals surface area contributed by atoms with Crippen LogP contribution in [0.15, 0.2) is 90.2 Å². The summed E-state index contributed by atoms with van der Waals surface area (Å²) in [5.74, 6) is 0.357. The highest BCUT2D eigenvalue weighted by molar-refractivity contribution is 7.89. The smallest absolute Gasteiger partial charge is 0.261 e. The molecule has 3 aromatic carbocycles. The fraction of sp³-hybridized carbons (Fsp3) is 0.447. The highest BCUT2D eigenvalue weighted by atomic mass is 32.2. The molecule has 0 radical (unpaired) electrons. The van der Waals surface area contributed by atoms with Crippen molar-refractivity contribution in [3.8, 4) is 0 Å². The largest absolute Gasteiger partial charge is 0.406 e. The molecule has 0 aliphatic rings. The number of hydrogen-bond donors (Lipinski definition) is 1. The molecule has 4 rings (SSSR count). The van der Waals surface area contributed by atoms with Crippen LogP contribution < -0.4 is 15.1 Å². The molecule has 0 aliphatic carbocycles. The van der Waals surface area contributed by atoms with Crippen LogP contribution in [0, 0.1) is 0 Å². The number of hydrogen-bond acceptors (Lipinski definition) is 4. The Hall–Kier alpha value is -3.04. The van der Waals surface area contributed by atoms with Crippen LogP contribution in [-0.4, -0.2) is 38.9 Å². The Morgan fingerprint density at radius 2 is 1.33 bits per heavy atom. The van der Waals surface area contributed by atoms with Crippen molar-refractivity contribution in [2.24, 2.45) is 7.05 Å². The molecule has 0 saturated heterocycles. The summed E-state index contributed by atoms with van der Waals surface area (Å²) in [7, 11) is -4.92. The van der Waals surface area contributed by atoms with Gasteiger partial charge in [0, 0.05) is 31.4 Å². The quantitative estimate of drug-likeness (QED) is 0.154. The van der Waals surface area contributed by atoms with Gasteiger partial charge in [-0.3, -0.25) is 0 Å². The van der Waals surface area contributed by atoms with Gasteiger partial charge in [-0.25, -0.2) is 18.1 Å². The Morgan fingerprint density at radius 3 is 1.72 bits per heavy atom. The Morgan fingerprint density at radius 1 is 0.826 bits per heavy atom. The molecule has 0 fully saturated rings. The average molecular weight is 660 g/mol. The SMILES string of the molecule is CC(C)c1cc(C(C)C)c(S(=O)(=O)NC(CO[Si](c2ccccc2)(c2ccccc2)C(C)(C)C)Cc2cncn2C)c(C(C)C)c1. The van der Waals surface area contributed by atoms with Crippen molar-refractivity contribution in [3.05, 3.63) is 108 Å². The lowest BCUT2D eigenvalue weighted by Gasteiger charge is -2.43. The molecule has 248 valence electrons. The van der Waals surface area contributed by atoms with Gasteiger partial charge >= 0.3 is 0 Å². The number of imidazole rings is 1. The van der Waals surface area contributed by atoms with Gasteiger partial charge in [0.15, 0.2) is 0 Å². The van der Waals surface area contributed by atoms with Gasteiger partial charge in [-0.1, -0.05) is 135 Å². The van der Waals surface area contributed by atoms with Crippen molar-refractivity contribution in [1.82, 2.24) is 14.3 Å². The van der Waals surface area contributed by atoms with Crippen LogP contribution in [0.4, 0.5) is 0 Å². The molecular weight excluding hydrogens is 607 g/mol. The summed E-state index contributed by atoms with van der Waals surface area (Å²) < 4.78 is 41.7. The fourth-order valence-electron chi connectivity index (χ4n) is 6.43. The fourth-order valence-corrected chi connectivity index (χ4v) is 13.0. The summed E-state index contributed by atoms with van der Waals surface area (Å²) in [4.78, 5) is 4.73. The van der Waals surface area contributed by atoms with E-state index in [0.717, 1.165) is 32.8 Å². The molecule has 1 heterocycles. The van der Waals surface area contributed by atoms with Gasteiger partial charge in [0.05, 0.1) is 17.8 Å². The zero-order valence-corrected chi connectivity index (χ0v) is 31.2. The van der Waals surface area contributed by atoms with E-state index in [1.54, 1.807) is 12.5 Å². The van der Waals surface area contributed by atoms with Gasteiger partial charge in [0.2, 0.25) is 10.0 Å². The van der Waals surface area contributed by atoms with Crippen molar-refractivity contribution < 1.29 is 12.8 Å². The van der Waals surface area contributed by atoms with E-state index in [0.29, 0.717) is 11.3 Å². The highest BCUT2D eigenvalue weighted by Crippen LogP contribution is 2.38. The average Bonchev–Trinajstić information content (AvgIpc) is 3.40. The van der Waals surface area contributed by atoms with Gasteiger partial charge in [0.1, 0.15) is 0 Å². The molecule has 0 amide bonds. The Balaban J connectivity index is 1.84. The van der Waals surface area contributed by atoms with E-state index in [2.05, 4.69) is 133 Å². The molecular formula is C38H53N3O3SSi. The number of aromatic nitrogens is 2. The minimum absolute atomic E-state index is 0.0339. The van der Waals surface area contributed by atoms with Crippen LogP contribution in [0.25, 0.3) is 0 Å². The Kier molecular flexibility index (Phi) is 11.2. The van der Waals surface area contributed by atoms with Crippen molar-refractivity contribution in [2.75, 3.05) is 6.61 Å². The minimum atomic E-state index is -3.95. The van der Waals surface area contributed by atoms with Crippen LogP contribution >= 0.6 is 0 Å². The first kappa shape index (κ1) is 35.8. The van der Waals surface area contributed by atoms with Crippen LogP contribution in [0.3, 0.4) is 0 Å². The van der Waals surface area contributed by atoms with Crippen LogP contribution in [-0.2, 0) is 27.9 Å². The van der Waals surface area contributed by atoms with E-state index < -0.39 is 24.4 Å². The molecule has 0 bridgehead atoms. The molecule has 0 aliphatic heterocycles. The maximum absolute atomic E-state index is 14.7. The summed E-state index contributed by atoms with van der Waals surface area (Å²) in [5, 5.41) is 2.07. The summed E-state index contributed by atoms with van der Waals surface area (Å²) in [6, 6.07) is 24.6. The first-order valence-corrected chi connectivity index (χ1v) is 19.9. The summed E-state index contributed by atoms with van der Waals surface area (Å²) in [5.41, 5.74) is 3.80. The van der Waals surface area contributed by atoms with Gasteiger partial charge in [0.25, 0.3) is 8.32 Å². The van der Waals surface area contributed by atoms with Crippen LogP contribution in [0.2, 0.25) is 5.04 Å². The summed E-state index contributed by atoms with van der Waals surface area (Å²) in [6.07, 6.45) is 3.99. The molecule has 1 atom stereocenters. The monoisotopic (exact) mass is 659 g/mol. The highest BCUT2D eigenvalue weighted by Gasteiger charge is 2.50. The van der Waals surface area contributed by atoms with Crippen molar-refractivity contribution in [2.45, 2.75) is 102 Å². The minimum Gasteiger partial charge on any atom is -0.406 e. The van der Waals surface area contributed by atoms with Crippen LogP contribution in [0.5, 0.6) is 0 Å². The van der Waals surface area contributed by atoms with E-state index in [1.807, 2.05) is 23.7 Å². The molecule has 0 saturated carbocycles. The lowest BCUT2D eigenvalue weighted by atomic mass is 9.89. The number of benzene rings is 3. The second-order valence-corrected chi connectivity index (χ2v) is 20.4.